The number of aliphatic carboxylic acids is 1. The maximum absolute atomic E-state index is 11.8. The van der Waals surface area contributed by atoms with Crippen LogP contribution in [0.15, 0.2) is 0 Å². The number of amides is 2. The molecule has 0 saturated carbocycles. The third-order valence-electron chi connectivity index (χ3n) is 3.69. The summed E-state index contributed by atoms with van der Waals surface area (Å²) in [6.07, 6.45) is 2.19. The lowest BCUT2D eigenvalue weighted by atomic mass is 9.97. The number of carboxylic acids is 1. The highest BCUT2D eigenvalue weighted by Crippen LogP contribution is 2.15. The highest BCUT2D eigenvalue weighted by Gasteiger charge is 2.20. The van der Waals surface area contributed by atoms with Crippen molar-refractivity contribution in [2.24, 2.45) is 5.92 Å². The molecule has 6 heteroatoms. The van der Waals surface area contributed by atoms with Crippen molar-refractivity contribution in [3.05, 3.63) is 0 Å². The van der Waals surface area contributed by atoms with Crippen molar-refractivity contribution in [1.82, 2.24) is 15.1 Å². The summed E-state index contributed by atoms with van der Waals surface area (Å²) in [5.74, 6) is -0.469. The Morgan fingerprint density at radius 1 is 1.32 bits per heavy atom. The summed E-state index contributed by atoms with van der Waals surface area (Å²) in [7, 11) is 0. The van der Waals surface area contributed by atoms with Gasteiger partial charge in [0.25, 0.3) is 0 Å². The second-order valence-corrected chi connectivity index (χ2v) is 4.97. The van der Waals surface area contributed by atoms with Crippen molar-refractivity contribution in [2.75, 3.05) is 39.3 Å². The topological polar surface area (TPSA) is 72.9 Å². The zero-order chi connectivity index (χ0) is 14.3. The first-order valence-corrected chi connectivity index (χ1v) is 7.03. The Labute approximate surface area is 114 Å². The van der Waals surface area contributed by atoms with Gasteiger partial charge < -0.3 is 20.2 Å². The van der Waals surface area contributed by atoms with Crippen LogP contribution in [0.3, 0.4) is 0 Å². The predicted molar refractivity (Wildman–Crippen MR) is 73.1 cm³/mol. The molecule has 0 unspecified atom stereocenters. The van der Waals surface area contributed by atoms with E-state index in [1.807, 2.05) is 0 Å². The van der Waals surface area contributed by atoms with Gasteiger partial charge in [-0.25, -0.2) is 4.79 Å². The van der Waals surface area contributed by atoms with Crippen LogP contribution in [-0.4, -0.2) is 66.2 Å². The minimum atomic E-state index is -0.978. The van der Waals surface area contributed by atoms with Crippen LogP contribution in [0.4, 0.5) is 4.79 Å². The Bertz CT molecular complexity index is 302. The van der Waals surface area contributed by atoms with Gasteiger partial charge in [-0.05, 0) is 45.3 Å². The van der Waals surface area contributed by atoms with Gasteiger partial charge in [-0.3, -0.25) is 4.79 Å². The molecule has 1 aliphatic rings. The van der Waals surface area contributed by atoms with Crippen LogP contribution in [0.2, 0.25) is 0 Å². The van der Waals surface area contributed by atoms with Crippen molar-refractivity contribution < 1.29 is 14.7 Å². The summed E-state index contributed by atoms with van der Waals surface area (Å²) in [5, 5.41) is 11.6. The summed E-state index contributed by atoms with van der Waals surface area (Å²) in [6.45, 7) is 8.01. The fourth-order valence-corrected chi connectivity index (χ4v) is 2.34. The minimum Gasteiger partial charge on any atom is -0.480 e. The van der Waals surface area contributed by atoms with Crippen molar-refractivity contribution in [2.45, 2.75) is 26.7 Å². The molecular weight excluding hydrogens is 246 g/mol. The second kappa shape index (κ2) is 7.99. The lowest BCUT2D eigenvalue weighted by molar-refractivity contribution is -0.137. The molecule has 0 radical (unpaired) electrons. The number of hydrogen-bond donors (Lipinski definition) is 2. The van der Waals surface area contributed by atoms with E-state index in [1.54, 1.807) is 6.92 Å². The van der Waals surface area contributed by atoms with Crippen LogP contribution in [0, 0.1) is 5.92 Å². The molecule has 2 amide bonds. The van der Waals surface area contributed by atoms with Crippen LogP contribution in [0.1, 0.15) is 26.7 Å². The van der Waals surface area contributed by atoms with Gasteiger partial charge in [0.2, 0.25) is 0 Å². The molecule has 1 rings (SSSR count). The maximum atomic E-state index is 11.8. The van der Waals surface area contributed by atoms with Crippen LogP contribution >= 0.6 is 0 Å². The molecule has 0 bridgehead atoms. The lowest BCUT2D eigenvalue weighted by Gasteiger charge is -2.31. The van der Waals surface area contributed by atoms with E-state index in [2.05, 4.69) is 17.1 Å². The smallest absolute Gasteiger partial charge is 0.323 e. The molecule has 2 N–H and O–H groups in total. The average molecular weight is 271 g/mol. The number of urea groups is 1. The van der Waals surface area contributed by atoms with Crippen molar-refractivity contribution in [1.29, 1.82) is 0 Å². The summed E-state index contributed by atoms with van der Waals surface area (Å²) >= 11 is 0. The maximum Gasteiger partial charge on any atom is 0.323 e. The molecule has 1 aliphatic heterocycles. The summed E-state index contributed by atoms with van der Waals surface area (Å²) in [6, 6.07) is -0.275. The van der Waals surface area contributed by atoms with Crippen molar-refractivity contribution in [3.8, 4) is 0 Å². The predicted octanol–water partition coefficient (Wildman–Crippen LogP) is 0.834. The van der Waals surface area contributed by atoms with E-state index in [-0.39, 0.29) is 12.6 Å². The van der Waals surface area contributed by atoms with Gasteiger partial charge in [0.1, 0.15) is 6.54 Å². The van der Waals surface area contributed by atoms with E-state index in [1.165, 1.54) is 4.90 Å². The van der Waals surface area contributed by atoms with Crippen LogP contribution in [-0.2, 0) is 4.79 Å². The SMILES string of the molecule is CCN1CCC(CNC(=O)N(CC)CC(=O)O)CC1. The van der Waals surface area contributed by atoms with E-state index in [9.17, 15) is 9.59 Å². The Morgan fingerprint density at radius 2 is 1.95 bits per heavy atom. The molecule has 1 heterocycles. The molecule has 19 heavy (non-hydrogen) atoms. The second-order valence-electron chi connectivity index (χ2n) is 4.97. The highest BCUT2D eigenvalue weighted by atomic mass is 16.4. The number of nitrogens with zero attached hydrogens (tertiary/aromatic N) is 2. The highest BCUT2D eigenvalue weighted by molar-refractivity contribution is 5.79. The fourth-order valence-electron chi connectivity index (χ4n) is 2.34. The molecule has 6 nitrogen and oxygen atoms in total. The zero-order valence-corrected chi connectivity index (χ0v) is 11.9. The van der Waals surface area contributed by atoms with E-state index in [0.29, 0.717) is 19.0 Å². The van der Waals surface area contributed by atoms with E-state index in [4.69, 9.17) is 5.11 Å². The monoisotopic (exact) mass is 271 g/mol. The van der Waals surface area contributed by atoms with Gasteiger partial charge in [0, 0.05) is 13.1 Å². The van der Waals surface area contributed by atoms with Crippen LogP contribution < -0.4 is 5.32 Å². The van der Waals surface area contributed by atoms with Crippen molar-refractivity contribution in [3.63, 3.8) is 0 Å². The van der Waals surface area contributed by atoms with Crippen LogP contribution in [0.5, 0.6) is 0 Å². The van der Waals surface area contributed by atoms with Gasteiger partial charge in [-0.1, -0.05) is 6.92 Å². The largest absolute Gasteiger partial charge is 0.480 e. The molecule has 0 atom stereocenters. The van der Waals surface area contributed by atoms with Gasteiger partial charge in [0.15, 0.2) is 0 Å². The number of hydrogen-bond acceptors (Lipinski definition) is 3. The Kier molecular flexibility index (Phi) is 6.62. The zero-order valence-electron chi connectivity index (χ0n) is 11.9. The molecule has 0 aromatic rings. The normalized spacial score (nSPS) is 17.2. The first kappa shape index (κ1) is 15.8. The molecule has 110 valence electrons. The minimum absolute atomic E-state index is 0.239. The molecule has 1 saturated heterocycles. The average Bonchev–Trinajstić information content (AvgIpc) is 2.42. The third-order valence-corrected chi connectivity index (χ3v) is 3.69. The standard InChI is InChI=1S/C13H25N3O3/c1-3-15-7-5-11(6-8-15)9-14-13(19)16(4-2)10-12(17)18/h11H,3-10H2,1-2H3,(H,14,19)(H,17,18). The van der Waals surface area contributed by atoms with E-state index < -0.39 is 5.97 Å². The van der Waals surface area contributed by atoms with Crippen LogP contribution in [0.25, 0.3) is 0 Å². The first-order chi connectivity index (χ1) is 9.06. The molecule has 0 spiro atoms. The molecule has 0 aromatic carbocycles. The summed E-state index contributed by atoms with van der Waals surface area (Å²) in [4.78, 5) is 26.1. The molecule has 1 fully saturated rings. The van der Waals surface area contributed by atoms with Crippen molar-refractivity contribution >= 4 is 12.0 Å². The molecule has 0 aliphatic carbocycles. The number of likely N-dealkylation sites (tertiary alicyclic amines) is 1. The van der Waals surface area contributed by atoms with Gasteiger partial charge in [0.05, 0.1) is 0 Å². The molecular formula is C13H25N3O3. The van der Waals surface area contributed by atoms with E-state index >= 15 is 0 Å². The number of carbonyl (C=O) groups is 2. The van der Waals surface area contributed by atoms with Gasteiger partial charge in [-0.15, -0.1) is 0 Å². The third kappa shape index (κ3) is 5.46. The first-order valence-electron chi connectivity index (χ1n) is 7.03. The Balaban J connectivity index is 2.27. The van der Waals surface area contributed by atoms with Gasteiger partial charge >= 0.3 is 12.0 Å². The van der Waals surface area contributed by atoms with E-state index in [0.717, 1.165) is 32.5 Å². The number of likely N-dealkylation sites (N-methyl/N-ethyl adjacent to an activating group) is 1. The summed E-state index contributed by atoms with van der Waals surface area (Å²) < 4.78 is 0. The number of nitrogens with one attached hydrogen (secondary N) is 1. The van der Waals surface area contributed by atoms with Gasteiger partial charge in [-0.2, -0.15) is 0 Å². The summed E-state index contributed by atoms with van der Waals surface area (Å²) in [5.41, 5.74) is 0. The quantitative estimate of drug-likeness (QED) is 0.750. The Morgan fingerprint density at radius 3 is 2.42 bits per heavy atom. The molecule has 0 aromatic heterocycles. The number of carbonyl (C=O) groups excluding carboxylic acids is 1. The lowest BCUT2D eigenvalue weighted by Crippen LogP contribution is -2.45. The Hall–Kier alpha value is -1.30. The fraction of sp³-hybridized carbons (Fsp3) is 0.846. The number of carboxylic acid groups (broad SMARTS) is 1. The number of piperidine rings is 1. The number of rotatable bonds is 6.